The summed E-state index contributed by atoms with van der Waals surface area (Å²) in [6.45, 7) is 3.02. The molecule has 1 aromatic heterocycles. The molecule has 0 saturated carbocycles. The molecular formula is C18H15Cl2N3O5S. The summed E-state index contributed by atoms with van der Waals surface area (Å²) in [5, 5.41) is 20.7. The van der Waals surface area contributed by atoms with Gasteiger partial charge in [-0.25, -0.2) is 18.1 Å². The van der Waals surface area contributed by atoms with E-state index in [1.807, 2.05) is 4.72 Å². The van der Waals surface area contributed by atoms with Crippen molar-refractivity contribution in [2.75, 3.05) is 0 Å². The number of aryl methyl sites for hydroxylation is 2. The molecule has 0 atom stereocenters. The first kappa shape index (κ1) is 21.0. The number of rotatable bonds is 4. The first-order valence-corrected chi connectivity index (χ1v) is 10.3. The summed E-state index contributed by atoms with van der Waals surface area (Å²) < 4.78 is 28.2. The molecule has 0 fully saturated rings. The summed E-state index contributed by atoms with van der Waals surface area (Å²) >= 11 is 12.0. The standard InChI is InChI=1S/C18H15Cl2N3O5S/c1-9-3-4-14(24)8-15(9)29(27,28)22-17(25)16-18(26)23(10(2)21-16)13-6-11(19)5-12(20)7-13/h3-8,24,26H,1-2H3,(H,22,25). The summed E-state index contributed by atoms with van der Waals surface area (Å²) in [6.07, 6.45) is 0. The van der Waals surface area contributed by atoms with Crippen LogP contribution in [0.15, 0.2) is 41.3 Å². The van der Waals surface area contributed by atoms with Gasteiger partial charge in [-0.05, 0) is 43.7 Å². The van der Waals surface area contributed by atoms with E-state index in [0.717, 1.165) is 6.07 Å². The Morgan fingerprint density at radius 1 is 1.07 bits per heavy atom. The number of nitrogens with zero attached hydrogens (tertiary/aromatic N) is 2. The highest BCUT2D eigenvalue weighted by atomic mass is 35.5. The molecule has 8 nitrogen and oxygen atoms in total. The van der Waals surface area contributed by atoms with Gasteiger partial charge in [0.25, 0.3) is 15.9 Å². The van der Waals surface area contributed by atoms with Crippen molar-refractivity contribution in [3.8, 4) is 17.3 Å². The van der Waals surface area contributed by atoms with Crippen LogP contribution in [0.5, 0.6) is 11.6 Å². The van der Waals surface area contributed by atoms with Crippen molar-refractivity contribution in [2.24, 2.45) is 0 Å². The van der Waals surface area contributed by atoms with Crippen LogP contribution in [0.3, 0.4) is 0 Å². The summed E-state index contributed by atoms with van der Waals surface area (Å²) in [6, 6.07) is 8.22. The van der Waals surface area contributed by atoms with Gasteiger partial charge in [0.1, 0.15) is 11.6 Å². The zero-order chi connectivity index (χ0) is 21.5. The summed E-state index contributed by atoms with van der Waals surface area (Å²) in [4.78, 5) is 16.2. The zero-order valence-corrected chi connectivity index (χ0v) is 17.5. The molecule has 11 heteroatoms. The van der Waals surface area contributed by atoms with Crippen molar-refractivity contribution in [3.63, 3.8) is 0 Å². The van der Waals surface area contributed by atoms with Crippen LogP contribution in [0.1, 0.15) is 21.9 Å². The number of carbonyl (C=O) groups is 1. The van der Waals surface area contributed by atoms with Gasteiger partial charge in [-0.3, -0.25) is 9.36 Å². The van der Waals surface area contributed by atoms with Crippen LogP contribution in [-0.4, -0.2) is 34.1 Å². The van der Waals surface area contributed by atoms with E-state index in [4.69, 9.17) is 23.2 Å². The van der Waals surface area contributed by atoms with Gasteiger partial charge in [0, 0.05) is 16.1 Å². The maximum Gasteiger partial charge on any atom is 0.289 e. The van der Waals surface area contributed by atoms with Crippen LogP contribution >= 0.6 is 23.2 Å². The number of nitrogens with one attached hydrogen (secondary N) is 1. The van der Waals surface area contributed by atoms with Crippen molar-refractivity contribution in [3.05, 3.63) is 63.5 Å². The Morgan fingerprint density at radius 2 is 1.69 bits per heavy atom. The van der Waals surface area contributed by atoms with Crippen molar-refractivity contribution >= 4 is 39.1 Å². The van der Waals surface area contributed by atoms with Crippen LogP contribution in [0.2, 0.25) is 10.0 Å². The predicted octanol–water partition coefficient (Wildman–Crippen LogP) is 3.33. The summed E-state index contributed by atoms with van der Waals surface area (Å²) in [5.74, 6) is -1.79. The number of imidazole rings is 1. The van der Waals surface area contributed by atoms with Crippen LogP contribution in [0.4, 0.5) is 0 Å². The minimum absolute atomic E-state index is 0.205. The average Bonchev–Trinajstić information content (AvgIpc) is 2.90. The Hall–Kier alpha value is -2.75. The van der Waals surface area contributed by atoms with E-state index in [0.29, 0.717) is 21.3 Å². The fraction of sp³-hybridized carbons (Fsp3) is 0.111. The van der Waals surface area contributed by atoms with Gasteiger partial charge in [-0.15, -0.1) is 0 Å². The number of phenols is 1. The van der Waals surface area contributed by atoms with Crippen molar-refractivity contribution in [1.29, 1.82) is 0 Å². The van der Waals surface area contributed by atoms with Crippen LogP contribution in [-0.2, 0) is 10.0 Å². The summed E-state index contributed by atoms with van der Waals surface area (Å²) in [7, 11) is -4.32. The number of hydrogen-bond acceptors (Lipinski definition) is 6. The Kier molecular flexibility index (Phi) is 5.48. The largest absolute Gasteiger partial charge is 0.508 e. The molecular weight excluding hydrogens is 441 g/mol. The van der Waals surface area contributed by atoms with Gasteiger partial charge in [-0.1, -0.05) is 29.3 Å². The quantitative estimate of drug-likeness (QED) is 0.554. The Morgan fingerprint density at radius 3 is 2.31 bits per heavy atom. The minimum atomic E-state index is -4.32. The van der Waals surface area contributed by atoms with E-state index in [1.54, 1.807) is 0 Å². The predicted molar refractivity (Wildman–Crippen MR) is 107 cm³/mol. The second kappa shape index (κ2) is 7.58. The molecule has 152 valence electrons. The molecule has 29 heavy (non-hydrogen) atoms. The molecule has 0 spiro atoms. The van der Waals surface area contributed by atoms with Gasteiger partial charge < -0.3 is 10.2 Å². The highest BCUT2D eigenvalue weighted by Crippen LogP contribution is 2.29. The number of sulfonamides is 1. The molecule has 1 heterocycles. The lowest BCUT2D eigenvalue weighted by Crippen LogP contribution is -2.31. The monoisotopic (exact) mass is 455 g/mol. The van der Waals surface area contributed by atoms with E-state index in [-0.39, 0.29) is 16.5 Å². The van der Waals surface area contributed by atoms with Crippen LogP contribution in [0, 0.1) is 13.8 Å². The Bertz CT molecular complexity index is 1220. The third-order valence-electron chi connectivity index (χ3n) is 4.03. The lowest BCUT2D eigenvalue weighted by Gasteiger charge is -2.10. The third kappa shape index (κ3) is 4.16. The number of aromatic nitrogens is 2. The van der Waals surface area contributed by atoms with Gasteiger partial charge in [0.05, 0.1) is 10.6 Å². The number of aromatic hydroxyl groups is 2. The number of hydrogen-bond donors (Lipinski definition) is 3. The van der Waals surface area contributed by atoms with E-state index in [2.05, 4.69) is 4.98 Å². The van der Waals surface area contributed by atoms with E-state index in [9.17, 15) is 23.4 Å². The Balaban J connectivity index is 2.00. The average molecular weight is 456 g/mol. The zero-order valence-electron chi connectivity index (χ0n) is 15.1. The van der Waals surface area contributed by atoms with Gasteiger partial charge >= 0.3 is 0 Å². The number of phenolic OH excluding ortho intramolecular Hbond substituents is 1. The van der Waals surface area contributed by atoms with E-state index >= 15 is 0 Å². The molecule has 3 aromatic rings. The number of benzene rings is 2. The fourth-order valence-corrected chi connectivity index (χ4v) is 4.49. The lowest BCUT2D eigenvalue weighted by atomic mass is 10.2. The molecule has 0 radical (unpaired) electrons. The molecule has 1 amide bonds. The highest BCUT2D eigenvalue weighted by Gasteiger charge is 2.27. The fourth-order valence-electron chi connectivity index (χ4n) is 2.75. The number of halogens is 2. The maximum absolute atomic E-state index is 12.6. The Labute approximate surface area is 176 Å². The van der Waals surface area contributed by atoms with Crippen molar-refractivity contribution in [2.45, 2.75) is 18.7 Å². The molecule has 2 aromatic carbocycles. The molecule has 0 saturated heterocycles. The molecule has 0 aliphatic rings. The normalized spacial score (nSPS) is 11.4. The highest BCUT2D eigenvalue weighted by molar-refractivity contribution is 7.90. The first-order chi connectivity index (χ1) is 13.5. The molecule has 0 aliphatic carbocycles. The molecule has 0 unspecified atom stereocenters. The maximum atomic E-state index is 12.6. The van der Waals surface area contributed by atoms with Gasteiger partial charge in [0.15, 0.2) is 5.69 Å². The topological polar surface area (TPSA) is 122 Å². The second-order valence-corrected chi connectivity index (χ2v) is 8.70. The van der Waals surface area contributed by atoms with E-state index < -0.39 is 27.5 Å². The molecule has 3 rings (SSSR count). The molecule has 3 N–H and O–H groups in total. The van der Waals surface area contributed by atoms with Crippen LogP contribution < -0.4 is 4.72 Å². The minimum Gasteiger partial charge on any atom is -0.508 e. The van der Waals surface area contributed by atoms with Gasteiger partial charge in [-0.2, -0.15) is 0 Å². The van der Waals surface area contributed by atoms with Gasteiger partial charge in [0.2, 0.25) is 5.88 Å². The number of carbonyl (C=O) groups excluding carboxylic acids is 1. The second-order valence-electron chi connectivity index (χ2n) is 6.18. The van der Waals surface area contributed by atoms with Crippen molar-refractivity contribution < 1.29 is 23.4 Å². The SMILES string of the molecule is Cc1ccc(O)cc1S(=O)(=O)NC(=O)c1nc(C)n(-c2cc(Cl)cc(Cl)c2)c1O. The smallest absolute Gasteiger partial charge is 0.289 e. The first-order valence-electron chi connectivity index (χ1n) is 8.11. The van der Waals surface area contributed by atoms with Crippen LogP contribution in [0.25, 0.3) is 5.69 Å². The van der Waals surface area contributed by atoms with Crippen molar-refractivity contribution in [1.82, 2.24) is 14.3 Å². The third-order valence-corrected chi connectivity index (χ3v) is 5.94. The number of amides is 1. The summed E-state index contributed by atoms with van der Waals surface area (Å²) in [5.41, 5.74) is 0.165. The lowest BCUT2D eigenvalue weighted by molar-refractivity contribution is 0.0974. The molecule has 0 aliphatic heterocycles. The molecule has 0 bridgehead atoms. The van der Waals surface area contributed by atoms with E-state index in [1.165, 1.54) is 48.7 Å².